The van der Waals surface area contributed by atoms with Crippen LogP contribution in [0.2, 0.25) is 0 Å². The molecule has 0 bridgehead atoms. The minimum Gasteiger partial charge on any atom is -0.317 e. The molecule has 0 saturated carbocycles. The molecule has 96 valence electrons. The van der Waals surface area contributed by atoms with Crippen molar-refractivity contribution in [3.63, 3.8) is 0 Å². The molecular weight excluding hydrogens is 232 g/mol. The summed E-state index contributed by atoms with van der Waals surface area (Å²) in [5.74, 6) is -0.241. The zero-order chi connectivity index (χ0) is 12.5. The lowest BCUT2D eigenvalue weighted by atomic mass is 10.1. The van der Waals surface area contributed by atoms with Crippen LogP contribution in [0.1, 0.15) is 31.7 Å². The Morgan fingerprint density at radius 3 is 2.50 bits per heavy atom. The molecule has 0 aliphatic carbocycles. The number of carbonyl (C=O) groups is 2. The van der Waals surface area contributed by atoms with Crippen LogP contribution in [-0.4, -0.2) is 34.7 Å². The van der Waals surface area contributed by atoms with Crippen LogP contribution in [-0.2, 0) is 9.59 Å². The van der Waals surface area contributed by atoms with Gasteiger partial charge in [-0.15, -0.1) is 0 Å². The molecule has 2 saturated heterocycles. The van der Waals surface area contributed by atoms with E-state index in [9.17, 15) is 9.59 Å². The van der Waals surface area contributed by atoms with E-state index in [4.69, 9.17) is 0 Å². The second kappa shape index (κ2) is 4.53. The number of aromatic nitrogens is 2. The van der Waals surface area contributed by atoms with E-state index in [1.807, 2.05) is 10.9 Å². The first-order valence-corrected chi connectivity index (χ1v) is 6.36. The topological polar surface area (TPSA) is 67.2 Å². The number of hydrogen-bond acceptors (Lipinski definition) is 4. The Labute approximate surface area is 105 Å². The standard InChI is InChI=1S/C12H16N4O2/c17-11-1-2-12(18)16(11)10-7-14-15(8-10)9-3-5-13-6-4-9/h7-9,13H,1-6H2. The van der Waals surface area contributed by atoms with Gasteiger partial charge in [-0.25, -0.2) is 4.90 Å². The molecule has 1 aromatic rings. The average molecular weight is 248 g/mol. The van der Waals surface area contributed by atoms with E-state index >= 15 is 0 Å². The summed E-state index contributed by atoms with van der Waals surface area (Å²) in [6.45, 7) is 1.98. The fraction of sp³-hybridized carbons (Fsp3) is 0.583. The number of piperidine rings is 1. The molecule has 2 aliphatic rings. The molecular formula is C12H16N4O2. The Balaban J connectivity index is 1.80. The van der Waals surface area contributed by atoms with Gasteiger partial charge in [0.2, 0.25) is 11.8 Å². The van der Waals surface area contributed by atoms with Crippen molar-refractivity contribution in [2.24, 2.45) is 0 Å². The van der Waals surface area contributed by atoms with Gasteiger partial charge in [-0.05, 0) is 25.9 Å². The minimum absolute atomic E-state index is 0.120. The Kier molecular flexibility index (Phi) is 2.87. The summed E-state index contributed by atoms with van der Waals surface area (Å²) >= 11 is 0. The van der Waals surface area contributed by atoms with Gasteiger partial charge in [-0.1, -0.05) is 0 Å². The van der Waals surface area contributed by atoms with Crippen molar-refractivity contribution in [3.8, 4) is 0 Å². The molecule has 18 heavy (non-hydrogen) atoms. The van der Waals surface area contributed by atoms with E-state index in [1.54, 1.807) is 6.20 Å². The van der Waals surface area contributed by atoms with Crippen molar-refractivity contribution in [1.29, 1.82) is 0 Å². The van der Waals surface area contributed by atoms with Crippen LogP contribution in [0, 0.1) is 0 Å². The maximum atomic E-state index is 11.6. The fourth-order valence-electron chi connectivity index (χ4n) is 2.58. The number of hydrogen-bond donors (Lipinski definition) is 1. The smallest absolute Gasteiger partial charge is 0.234 e. The Morgan fingerprint density at radius 1 is 1.17 bits per heavy atom. The predicted octanol–water partition coefficient (Wildman–Crippen LogP) is 0.461. The summed E-state index contributed by atoms with van der Waals surface area (Å²) in [7, 11) is 0. The third-order valence-electron chi connectivity index (χ3n) is 3.58. The van der Waals surface area contributed by atoms with Gasteiger partial charge in [-0.2, -0.15) is 5.10 Å². The molecule has 6 heteroatoms. The van der Waals surface area contributed by atoms with Crippen molar-refractivity contribution in [2.75, 3.05) is 18.0 Å². The fourth-order valence-corrected chi connectivity index (χ4v) is 2.58. The maximum absolute atomic E-state index is 11.6. The molecule has 0 aromatic carbocycles. The third kappa shape index (κ3) is 1.92. The van der Waals surface area contributed by atoms with Crippen LogP contribution in [0.5, 0.6) is 0 Å². The third-order valence-corrected chi connectivity index (χ3v) is 3.58. The Hall–Kier alpha value is -1.69. The van der Waals surface area contributed by atoms with Crippen molar-refractivity contribution >= 4 is 17.5 Å². The van der Waals surface area contributed by atoms with Crippen molar-refractivity contribution in [2.45, 2.75) is 31.7 Å². The van der Waals surface area contributed by atoms with E-state index in [0.29, 0.717) is 24.6 Å². The first-order valence-electron chi connectivity index (χ1n) is 6.36. The number of anilines is 1. The molecule has 1 aromatic heterocycles. The highest BCUT2D eigenvalue weighted by Gasteiger charge is 2.31. The summed E-state index contributed by atoms with van der Waals surface area (Å²) in [6, 6.07) is 0.368. The lowest BCUT2D eigenvalue weighted by molar-refractivity contribution is -0.121. The number of amides is 2. The first-order chi connectivity index (χ1) is 8.75. The summed E-state index contributed by atoms with van der Waals surface area (Å²) in [5, 5.41) is 7.60. The normalized spacial score (nSPS) is 21.9. The molecule has 2 amide bonds. The molecule has 6 nitrogen and oxygen atoms in total. The summed E-state index contributed by atoms with van der Waals surface area (Å²) in [4.78, 5) is 24.5. The van der Waals surface area contributed by atoms with Gasteiger partial charge in [0, 0.05) is 19.0 Å². The van der Waals surface area contributed by atoms with E-state index in [-0.39, 0.29) is 11.8 Å². The highest BCUT2D eigenvalue weighted by atomic mass is 16.2. The van der Waals surface area contributed by atoms with Gasteiger partial charge in [0.05, 0.1) is 17.9 Å². The summed E-state index contributed by atoms with van der Waals surface area (Å²) in [5.41, 5.74) is 0.612. The molecule has 3 rings (SSSR count). The van der Waals surface area contributed by atoms with Crippen molar-refractivity contribution in [1.82, 2.24) is 15.1 Å². The van der Waals surface area contributed by atoms with Gasteiger partial charge in [0.1, 0.15) is 0 Å². The molecule has 0 atom stereocenters. The van der Waals surface area contributed by atoms with Gasteiger partial charge in [0.15, 0.2) is 0 Å². The van der Waals surface area contributed by atoms with Crippen LogP contribution >= 0.6 is 0 Å². The number of rotatable bonds is 2. The zero-order valence-electron chi connectivity index (χ0n) is 10.1. The highest BCUT2D eigenvalue weighted by Crippen LogP contribution is 2.25. The summed E-state index contributed by atoms with van der Waals surface area (Å²) < 4.78 is 1.88. The largest absolute Gasteiger partial charge is 0.317 e. The lowest BCUT2D eigenvalue weighted by Gasteiger charge is -2.22. The van der Waals surface area contributed by atoms with Gasteiger partial charge < -0.3 is 5.32 Å². The van der Waals surface area contributed by atoms with E-state index in [0.717, 1.165) is 25.9 Å². The first kappa shape index (κ1) is 11.4. The molecule has 1 N–H and O–H groups in total. The highest BCUT2D eigenvalue weighted by molar-refractivity contribution is 6.19. The van der Waals surface area contributed by atoms with Crippen LogP contribution in [0.4, 0.5) is 5.69 Å². The predicted molar refractivity (Wildman–Crippen MR) is 65.1 cm³/mol. The van der Waals surface area contributed by atoms with Crippen LogP contribution in [0.25, 0.3) is 0 Å². The molecule has 0 unspecified atom stereocenters. The number of nitrogens with zero attached hydrogens (tertiary/aromatic N) is 3. The quantitative estimate of drug-likeness (QED) is 0.772. The second-order valence-corrected chi connectivity index (χ2v) is 4.78. The molecule has 3 heterocycles. The van der Waals surface area contributed by atoms with Crippen molar-refractivity contribution < 1.29 is 9.59 Å². The van der Waals surface area contributed by atoms with Crippen molar-refractivity contribution in [3.05, 3.63) is 12.4 Å². The Bertz CT molecular complexity index is 460. The monoisotopic (exact) mass is 248 g/mol. The molecule has 0 radical (unpaired) electrons. The van der Waals surface area contributed by atoms with Crippen LogP contribution in [0.3, 0.4) is 0 Å². The van der Waals surface area contributed by atoms with Crippen LogP contribution in [0.15, 0.2) is 12.4 Å². The minimum atomic E-state index is -0.120. The molecule has 2 fully saturated rings. The average Bonchev–Trinajstić information content (AvgIpc) is 2.98. The van der Waals surface area contributed by atoms with E-state index in [2.05, 4.69) is 10.4 Å². The van der Waals surface area contributed by atoms with E-state index in [1.165, 1.54) is 4.90 Å². The maximum Gasteiger partial charge on any atom is 0.234 e. The van der Waals surface area contributed by atoms with Gasteiger partial charge >= 0.3 is 0 Å². The van der Waals surface area contributed by atoms with Gasteiger partial charge in [0.25, 0.3) is 0 Å². The Morgan fingerprint density at radius 2 is 1.83 bits per heavy atom. The van der Waals surface area contributed by atoms with Gasteiger partial charge in [-0.3, -0.25) is 14.3 Å². The van der Waals surface area contributed by atoms with E-state index < -0.39 is 0 Å². The zero-order valence-corrected chi connectivity index (χ0v) is 10.1. The number of imide groups is 1. The molecule has 0 spiro atoms. The number of carbonyl (C=O) groups excluding carboxylic acids is 2. The lowest BCUT2D eigenvalue weighted by Crippen LogP contribution is -2.30. The summed E-state index contributed by atoms with van der Waals surface area (Å²) in [6.07, 6.45) is 6.13. The molecule has 2 aliphatic heterocycles. The SMILES string of the molecule is O=C1CCC(=O)N1c1cnn(C2CCNCC2)c1. The second-order valence-electron chi connectivity index (χ2n) is 4.78. The number of nitrogens with one attached hydrogen (secondary N) is 1. The van der Waals surface area contributed by atoms with Crippen LogP contribution < -0.4 is 10.2 Å².